The van der Waals surface area contributed by atoms with Crippen LogP contribution >= 0.6 is 15.9 Å². The molecule has 1 heterocycles. The van der Waals surface area contributed by atoms with Crippen LogP contribution in [0.5, 0.6) is 0 Å². The molecule has 0 saturated carbocycles. The van der Waals surface area contributed by atoms with Crippen LogP contribution in [0.15, 0.2) is 28.9 Å². The molecule has 0 bridgehead atoms. The highest BCUT2D eigenvalue weighted by molar-refractivity contribution is 9.10. The molecule has 2 rings (SSSR count). The highest BCUT2D eigenvalue weighted by Gasteiger charge is 2.10. The molecule has 1 atom stereocenters. The van der Waals surface area contributed by atoms with Crippen molar-refractivity contribution < 1.29 is 4.79 Å². The molecule has 0 aliphatic heterocycles. The van der Waals surface area contributed by atoms with Gasteiger partial charge in [0, 0.05) is 21.6 Å². The number of anilines is 1. The zero-order valence-electron chi connectivity index (χ0n) is 8.75. The number of aromatic amines is 1. The second-order valence-electron chi connectivity index (χ2n) is 3.67. The van der Waals surface area contributed by atoms with Gasteiger partial charge in [-0.05, 0) is 25.1 Å². The summed E-state index contributed by atoms with van der Waals surface area (Å²) in [6, 6.07) is 5.32. The van der Waals surface area contributed by atoms with Crippen molar-refractivity contribution in [2.75, 3.05) is 5.32 Å². The van der Waals surface area contributed by atoms with Crippen molar-refractivity contribution in [3.63, 3.8) is 0 Å². The van der Waals surface area contributed by atoms with Crippen molar-refractivity contribution in [2.45, 2.75) is 13.0 Å². The standard InChI is InChI=1S/C11H12BrN3O/c1-6(13)11(16)15-10-5-14-9-3-2-7(12)4-8(9)10/h2-6,14H,13H2,1H3,(H,15,16)/t6-/m1/s1. The molecule has 84 valence electrons. The average Bonchev–Trinajstić information content (AvgIpc) is 2.61. The Hall–Kier alpha value is -1.33. The normalized spacial score (nSPS) is 12.7. The van der Waals surface area contributed by atoms with Gasteiger partial charge in [0.25, 0.3) is 0 Å². The van der Waals surface area contributed by atoms with Crippen LogP contribution < -0.4 is 11.1 Å². The summed E-state index contributed by atoms with van der Waals surface area (Å²) >= 11 is 3.40. The SMILES string of the molecule is C[C@@H](N)C(=O)Nc1c[nH]c2ccc(Br)cc12. The molecule has 0 aliphatic carbocycles. The third-order valence-electron chi connectivity index (χ3n) is 2.32. The van der Waals surface area contributed by atoms with E-state index in [1.54, 1.807) is 13.1 Å². The van der Waals surface area contributed by atoms with Gasteiger partial charge in [-0.3, -0.25) is 4.79 Å². The molecular weight excluding hydrogens is 270 g/mol. The van der Waals surface area contributed by atoms with E-state index in [0.717, 1.165) is 21.1 Å². The molecule has 4 nitrogen and oxygen atoms in total. The summed E-state index contributed by atoms with van der Waals surface area (Å²) in [6.07, 6.45) is 1.76. The summed E-state index contributed by atoms with van der Waals surface area (Å²) in [5.41, 5.74) is 7.22. The molecule has 0 fully saturated rings. The Kier molecular flexibility index (Phi) is 2.98. The molecule has 0 spiro atoms. The summed E-state index contributed by atoms with van der Waals surface area (Å²) < 4.78 is 0.968. The molecule has 16 heavy (non-hydrogen) atoms. The van der Waals surface area contributed by atoms with Crippen molar-refractivity contribution in [2.24, 2.45) is 5.73 Å². The van der Waals surface area contributed by atoms with Crippen LogP contribution in [0.1, 0.15) is 6.92 Å². The first-order valence-corrected chi connectivity index (χ1v) is 5.70. The van der Waals surface area contributed by atoms with Crippen LogP contribution in [0.2, 0.25) is 0 Å². The van der Waals surface area contributed by atoms with Crippen LogP contribution in [0, 0.1) is 0 Å². The predicted molar refractivity (Wildman–Crippen MR) is 68.3 cm³/mol. The van der Waals surface area contributed by atoms with Crippen molar-refractivity contribution in [1.82, 2.24) is 4.98 Å². The lowest BCUT2D eigenvalue weighted by Gasteiger charge is -2.06. The first kappa shape index (κ1) is 11.2. The maximum absolute atomic E-state index is 11.5. The number of carbonyl (C=O) groups is 1. The number of fused-ring (bicyclic) bond motifs is 1. The number of nitrogens with one attached hydrogen (secondary N) is 2. The number of rotatable bonds is 2. The third kappa shape index (κ3) is 2.10. The molecule has 0 saturated heterocycles. The molecule has 5 heteroatoms. The van der Waals surface area contributed by atoms with Gasteiger partial charge in [-0.15, -0.1) is 0 Å². The van der Waals surface area contributed by atoms with E-state index in [2.05, 4.69) is 26.2 Å². The molecule has 2 aromatic rings. The number of amides is 1. The Balaban J connectivity index is 2.38. The number of halogens is 1. The van der Waals surface area contributed by atoms with E-state index >= 15 is 0 Å². The van der Waals surface area contributed by atoms with Crippen LogP contribution in [0.3, 0.4) is 0 Å². The molecule has 4 N–H and O–H groups in total. The fourth-order valence-electron chi connectivity index (χ4n) is 1.44. The summed E-state index contributed by atoms with van der Waals surface area (Å²) in [5.74, 6) is -0.194. The van der Waals surface area contributed by atoms with Gasteiger partial charge >= 0.3 is 0 Å². The van der Waals surface area contributed by atoms with E-state index in [1.165, 1.54) is 0 Å². The number of H-pyrrole nitrogens is 1. The van der Waals surface area contributed by atoms with E-state index in [0.29, 0.717) is 0 Å². The summed E-state index contributed by atoms with van der Waals surface area (Å²) in [4.78, 5) is 14.6. The van der Waals surface area contributed by atoms with Crippen LogP contribution in [-0.4, -0.2) is 16.9 Å². The number of nitrogens with two attached hydrogens (primary N) is 1. The minimum Gasteiger partial charge on any atom is -0.359 e. The number of benzene rings is 1. The largest absolute Gasteiger partial charge is 0.359 e. The lowest BCUT2D eigenvalue weighted by atomic mass is 10.2. The summed E-state index contributed by atoms with van der Waals surface area (Å²) in [5, 5.41) is 3.74. The smallest absolute Gasteiger partial charge is 0.241 e. The van der Waals surface area contributed by atoms with Crippen LogP contribution in [0.4, 0.5) is 5.69 Å². The minimum atomic E-state index is -0.517. The maximum atomic E-state index is 11.5. The second-order valence-corrected chi connectivity index (χ2v) is 4.59. The topological polar surface area (TPSA) is 70.9 Å². The number of carbonyl (C=O) groups excluding carboxylic acids is 1. The van der Waals surface area contributed by atoms with Gasteiger partial charge in [-0.25, -0.2) is 0 Å². The van der Waals surface area contributed by atoms with Crippen LogP contribution in [0.25, 0.3) is 10.9 Å². The molecule has 1 amide bonds. The van der Waals surface area contributed by atoms with Crippen molar-refractivity contribution in [3.8, 4) is 0 Å². The zero-order chi connectivity index (χ0) is 11.7. The van der Waals surface area contributed by atoms with Gasteiger partial charge in [0.15, 0.2) is 0 Å². The fraction of sp³-hybridized carbons (Fsp3) is 0.182. The van der Waals surface area contributed by atoms with Gasteiger partial charge in [0.2, 0.25) is 5.91 Å². The lowest BCUT2D eigenvalue weighted by molar-refractivity contribution is -0.117. The highest BCUT2D eigenvalue weighted by Crippen LogP contribution is 2.26. The first-order chi connectivity index (χ1) is 7.58. The summed E-state index contributed by atoms with van der Waals surface area (Å²) in [7, 11) is 0. The van der Waals surface area contributed by atoms with E-state index in [-0.39, 0.29) is 5.91 Å². The van der Waals surface area contributed by atoms with Crippen molar-refractivity contribution in [3.05, 3.63) is 28.9 Å². The van der Waals surface area contributed by atoms with E-state index < -0.39 is 6.04 Å². The van der Waals surface area contributed by atoms with Gasteiger partial charge < -0.3 is 16.0 Å². The predicted octanol–water partition coefficient (Wildman–Crippen LogP) is 2.22. The Morgan fingerprint density at radius 1 is 1.56 bits per heavy atom. The average molecular weight is 282 g/mol. The molecule has 1 aromatic heterocycles. The van der Waals surface area contributed by atoms with Gasteiger partial charge in [-0.2, -0.15) is 0 Å². The first-order valence-electron chi connectivity index (χ1n) is 4.91. The van der Waals surface area contributed by atoms with Crippen molar-refractivity contribution >= 4 is 38.4 Å². The van der Waals surface area contributed by atoms with Crippen LogP contribution in [-0.2, 0) is 4.79 Å². The quantitative estimate of drug-likeness (QED) is 0.790. The van der Waals surface area contributed by atoms with E-state index in [4.69, 9.17) is 5.73 Å². The van der Waals surface area contributed by atoms with E-state index in [9.17, 15) is 4.79 Å². The van der Waals surface area contributed by atoms with Gasteiger partial charge in [-0.1, -0.05) is 15.9 Å². The molecule has 0 radical (unpaired) electrons. The molecule has 1 aromatic carbocycles. The Labute approximate surface area is 101 Å². The molecule has 0 unspecified atom stereocenters. The fourth-order valence-corrected chi connectivity index (χ4v) is 1.80. The number of hydrogen-bond acceptors (Lipinski definition) is 2. The monoisotopic (exact) mass is 281 g/mol. The second kappa shape index (κ2) is 4.27. The Morgan fingerprint density at radius 3 is 3.00 bits per heavy atom. The van der Waals surface area contributed by atoms with Gasteiger partial charge in [0.05, 0.1) is 11.7 Å². The number of aromatic nitrogens is 1. The van der Waals surface area contributed by atoms with Gasteiger partial charge in [0.1, 0.15) is 0 Å². The zero-order valence-corrected chi connectivity index (χ0v) is 10.3. The van der Waals surface area contributed by atoms with E-state index in [1.807, 2.05) is 18.2 Å². The lowest BCUT2D eigenvalue weighted by Crippen LogP contribution is -2.32. The summed E-state index contributed by atoms with van der Waals surface area (Å²) in [6.45, 7) is 1.65. The highest BCUT2D eigenvalue weighted by atomic mass is 79.9. The number of hydrogen-bond donors (Lipinski definition) is 3. The minimum absolute atomic E-state index is 0.194. The third-order valence-corrected chi connectivity index (χ3v) is 2.81. The van der Waals surface area contributed by atoms with Crippen molar-refractivity contribution in [1.29, 1.82) is 0 Å². The molecule has 0 aliphatic rings. The maximum Gasteiger partial charge on any atom is 0.241 e. The Morgan fingerprint density at radius 2 is 2.31 bits per heavy atom. The Bertz CT molecular complexity index is 533. The molecular formula is C11H12BrN3O.